The Morgan fingerprint density at radius 1 is 1.70 bits per heavy atom. The highest BCUT2D eigenvalue weighted by atomic mass is 15.1. The van der Waals surface area contributed by atoms with E-state index in [0.717, 1.165) is 12.5 Å². The van der Waals surface area contributed by atoms with Crippen LogP contribution >= 0.6 is 0 Å². The molecular formula is C7H17N3. The smallest absolute Gasteiger partial charge is 0.0428 e. The van der Waals surface area contributed by atoms with E-state index in [1.807, 2.05) is 0 Å². The molecule has 1 saturated heterocycles. The molecule has 0 aromatic carbocycles. The number of hydrogen-bond donors (Lipinski definition) is 2. The number of likely N-dealkylation sites (tertiary alicyclic amines) is 1. The van der Waals surface area contributed by atoms with E-state index in [1.54, 1.807) is 0 Å². The normalized spacial score (nSPS) is 27.6. The Morgan fingerprint density at radius 3 is 3.00 bits per heavy atom. The molecule has 0 aromatic rings. The maximum Gasteiger partial charge on any atom is 0.0428 e. The average Bonchev–Trinajstić information content (AvgIpc) is 2.31. The molecule has 1 atom stereocenters. The topological polar surface area (TPSA) is 41.3 Å². The lowest BCUT2D eigenvalue weighted by Crippen LogP contribution is -2.29. The first-order valence-electron chi connectivity index (χ1n) is 3.92. The van der Waals surface area contributed by atoms with Gasteiger partial charge in [-0.05, 0) is 25.9 Å². The van der Waals surface area contributed by atoms with Gasteiger partial charge in [0.15, 0.2) is 0 Å². The molecule has 0 saturated carbocycles. The monoisotopic (exact) mass is 143 g/mol. The molecule has 0 aliphatic carbocycles. The van der Waals surface area contributed by atoms with E-state index in [9.17, 15) is 0 Å². The van der Waals surface area contributed by atoms with Crippen molar-refractivity contribution in [2.45, 2.75) is 6.42 Å². The molecule has 1 heterocycles. The lowest BCUT2D eigenvalue weighted by Gasteiger charge is -2.09. The third-order valence-corrected chi connectivity index (χ3v) is 2.07. The molecule has 3 N–H and O–H groups in total. The fraction of sp³-hybridized carbons (Fsp3) is 1.00. The minimum absolute atomic E-state index is 0.611. The highest BCUT2D eigenvalue weighted by molar-refractivity contribution is 4.73. The minimum atomic E-state index is 0.611. The molecule has 0 spiro atoms. The lowest BCUT2D eigenvalue weighted by molar-refractivity contribution is 0.389. The van der Waals surface area contributed by atoms with Gasteiger partial charge in [-0.2, -0.15) is 0 Å². The van der Waals surface area contributed by atoms with E-state index in [2.05, 4.69) is 17.3 Å². The molecule has 3 nitrogen and oxygen atoms in total. The van der Waals surface area contributed by atoms with Gasteiger partial charge in [0, 0.05) is 19.8 Å². The lowest BCUT2D eigenvalue weighted by atomic mass is 10.1. The van der Waals surface area contributed by atoms with Gasteiger partial charge in [0.2, 0.25) is 0 Å². The second kappa shape index (κ2) is 3.91. The van der Waals surface area contributed by atoms with Crippen LogP contribution in [0.2, 0.25) is 0 Å². The number of nitrogens with zero attached hydrogens (tertiary/aromatic N) is 1. The van der Waals surface area contributed by atoms with Crippen molar-refractivity contribution in [2.24, 2.45) is 11.7 Å². The Balaban J connectivity index is 2.06. The van der Waals surface area contributed by atoms with Crippen LogP contribution in [0.3, 0.4) is 0 Å². The molecule has 1 rings (SSSR count). The summed E-state index contributed by atoms with van der Waals surface area (Å²) in [6.07, 6.45) is 1.32. The molecule has 0 aromatic heterocycles. The Hall–Kier alpha value is -0.120. The van der Waals surface area contributed by atoms with Crippen molar-refractivity contribution in [3.05, 3.63) is 0 Å². The number of rotatable bonds is 3. The van der Waals surface area contributed by atoms with Crippen molar-refractivity contribution >= 4 is 0 Å². The van der Waals surface area contributed by atoms with Gasteiger partial charge in [0.25, 0.3) is 0 Å². The molecule has 1 aliphatic rings. The van der Waals surface area contributed by atoms with Gasteiger partial charge >= 0.3 is 0 Å². The predicted octanol–water partition coefficient (Wildman–Crippen LogP) is -0.556. The fourth-order valence-electron chi connectivity index (χ4n) is 1.48. The van der Waals surface area contributed by atoms with Gasteiger partial charge in [-0.1, -0.05) is 0 Å². The average molecular weight is 143 g/mol. The second-order valence-electron chi connectivity index (χ2n) is 3.08. The minimum Gasteiger partial charge on any atom is -0.318 e. The van der Waals surface area contributed by atoms with E-state index in [1.165, 1.54) is 19.5 Å². The van der Waals surface area contributed by atoms with Crippen LogP contribution in [0, 0.1) is 5.92 Å². The highest BCUT2D eigenvalue weighted by Crippen LogP contribution is 2.12. The zero-order chi connectivity index (χ0) is 7.40. The van der Waals surface area contributed by atoms with Crippen molar-refractivity contribution in [3.63, 3.8) is 0 Å². The molecular weight excluding hydrogens is 126 g/mol. The highest BCUT2D eigenvalue weighted by Gasteiger charge is 2.17. The molecule has 0 radical (unpaired) electrons. The summed E-state index contributed by atoms with van der Waals surface area (Å²) in [7, 11) is 2.17. The van der Waals surface area contributed by atoms with Gasteiger partial charge in [-0.3, -0.25) is 0 Å². The summed E-state index contributed by atoms with van der Waals surface area (Å²) < 4.78 is 0. The molecule has 1 fully saturated rings. The Bertz CT molecular complexity index is 94.9. The standard InChI is InChI=1S/C7H17N3/c1-10-3-2-7(5-10)4-9-6-8/h7,9H,2-6,8H2,1H3. The first-order valence-corrected chi connectivity index (χ1v) is 3.92. The summed E-state index contributed by atoms with van der Waals surface area (Å²) in [5, 5.41) is 3.16. The summed E-state index contributed by atoms with van der Waals surface area (Å²) in [5.41, 5.74) is 5.32. The largest absolute Gasteiger partial charge is 0.318 e. The molecule has 0 amide bonds. The molecule has 1 aliphatic heterocycles. The second-order valence-corrected chi connectivity index (χ2v) is 3.08. The summed E-state index contributed by atoms with van der Waals surface area (Å²) in [6.45, 7) is 4.17. The Labute approximate surface area is 62.6 Å². The number of nitrogens with one attached hydrogen (secondary N) is 1. The Kier molecular flexibility index (Phi) is 3.12. The molecule has 3 heteroatoms. The summed E-state index contributed by atoms with van der Waals surface area (Å²) in [6, 6.07) is 0. The summed E-state index contributed by atoms with van der Waals surface area (Å²) in [5.74, 6) is 0.827. The van der Waals surface area contributed by atoms with E-state index in [4.69, 9.17) is 5.73 Å². The maximum atomic E-state index is 5.32. The van der Waals surface area contributed by atoms with Gasteiger partial charge in [-0.15, -0.1) is 0 Å². The van der Waals surface area contributed by atoms with Crippen LogP contribution in [0.5, 0.6) is 0 Å². The van der Waals surface area contributed by atoms with Gasteiger partial charge in [0.1, 0.15) is 0 Å². The number of nitrogens with two attached hydrogens (primary N) is 1. The maximum absolute atomic E-state index is 5.32. The van der Waals surface area contributed by atoms with Crippen LogP contribution < -0.4 is 11.1 Å². The quantitative estimate of drug-likeness (QED) is 0.521. The van der Waals surface area contributed by atoms with E-state index >= 15 is 0 Å². The van der Waals surface area contributed by atoms with Crippen LogP contribution in [-0.4, -0.2) is 38.3 Å². The molecule has 0 bridgehead atoms. The van der Waals surface area contributed by atoms with Gasteiger partial charge in [0.05, 0.1) is 0 Å². The van der Waals surface area contributed by atoms with E-state index < -0.39 is 0 Å². The zero-order valence-corrected chi connectivity index (χ0v) is 6.64. The van der Waals surface area contributed by atoms with Crippen molar-refractivity contribution < 1.29 is 0 Å². The Morgan fingerprint density at radius 2 is 2.50 bits per heavy atom. The van der Waals surface area contributed by atoms with Gasteiger partial charge < -0.3 is 16.0 Å². The first kappa shape index (κ1) is 7.98. The van der Waals surface area contributed by atoms with Crippen LogP contribution in [0.25, 0.3) is 0 Å². The molecule has 10 heavy (non-hydrogen) atoms. The molecule has 1 unspecified atom stereocenters. The van der Waals surface area contributed by atoms with Crippen molar-refractivity contribution in [1.82, 2.24) is 10.2 Å². The van der Waals surface area contributed by atoms with Crippen molar-refractivity contribution in [2.75, 3.05) is 33.4 Å². The van der Waals surface area contributed by atoms with E-state index in [0.29, 0.717) is 6.67 Å². The van der Waals surface area contributed by atoms with Gasteiger partial charge in [-0.25, -0.2) is 0 Å². The summed E-state index contributed by atoms with van der Waals surface area (Å²) >= 11 is 0. The first-order chi connectivity index (χ1) is 4.83. The summed E-state index contributed by atoms with van der Waals surface area (Å²) in [4.78, 5) is 2.36. The third kappa shape index (κ3) is 2.25. The zero-order valence-electron chi connectivity index (χ0n) is 6.64. The SMILES string of the molecule is CN1CCC(CNCN)C1. The van der Waals surface area contributed by atoms with Crippen molar-refractivity contribution in [3.8, 4) is 0 Å². The predicted molar refractivity (Wildman–Crippen MR) is 42.7 cm³/mol. The van der Waals surface area contributed by atoms with Crippen molar-refractivity contribution in [1.29, 1.82) is 0 Å². The van der Waals surface area contributed by atoms with Crippen LogP contribution in [-0.2, 0) is 0 Å². The van der Waals surface area contributed by atoms with Crippen LogP contribution in [0.15, 0.2) is 0 Å². The third-order valence-electron chi connectivity index (χ3n) is 2.07. The number of hydrogen-bond acceptors (Lipinski definition) is 3. The fourth-order valence-corrected chi connectivity index (χ4v) is 1.48. The van der Waals surface area contributed by atoms with Crippen LogP contribution in [0.1, 0.15) is 6.42 Å². The molecule has 60 valence electrons. The van der Waals surface area contributed by atoms with E-state index in [-0.39, 0.29) is 0 Å². The van der Waals surface area contributed by atoms with Crippen LogP contribution in [0.4, 0.5) is 0 Å².